The number of benzene rings is 1. The van der Waals surface area contributed by atoms with Crippen molar-refractivity contribution in [3.05, 3.63) is 29.8 Å². The number of nitrogens with one attached hydrogen (secondary N) is 1. The molecular formula is C16H26N2O. The third kappa shape index (κ3) is 4.51. The Morgan fingerprint density at radius 3 is 2.68 bits per heavy atom. The topological polar surface area (TPSA) is 24.5 Å². The molecule has 0 saturated carbocycles. The standard InChI is InChI=1S/C16H26N2O/c1-13(2)19-16-8-5-14(6-9-16)4-7-15-12-17-10-11-18(15)3/h5-6,8-9,13,15,17H,4,7,10-12H2,1-3H3. The number of likely N-dealkylation sites (N-methyl/N-ethyl adjacent to an activating group) is 1. The third-order valence-corrected chi connectivity index (χ3v) is 3.71. The van der Waals surface area contributed by atoms with E-state index in [4.69, 9.17) is 4.74 Å². The molecule has 1 aliphatic heterocycles. The molecule has 106 valence electrons. The Kier molecular flexibility index (Phi) is 5.23. The van der Waals surface area contributed by atoms with Crippen molar-refractivity contribution in [2.75, 3.05) is 26.7 Å². The van der Waals surface area contributed by atoms with Gasteiger partial charge in [-0.05, 0) is 51.4 Å². The zero-order valence-electron chi connectivity index (χ0n) is 12.4. The van der Waals surface area contributed by atoms with Crippen LogP contribution in [0.25, 0.3) is 0 Å². The molecule has 1 N–H and O–H groups in total. The van der Waals surface area contributed by atoms with Gasteiger partial charge in [-0.15, -0.1) is 0 Å². The molecule has 1 heterocycles. The molecule has 19 heavy (non-hydrogen) atoms. The number of hydrogen-bond acceptors (Lipinski definition) is 3. The summed E-state index contributed by atoms with van der Waals surface area (Å²) in [5, 5.41) is 3.47. The first kappa shape index (κ1) is 14.4. The van der Waals surface area contributed by atoms with Crippen molar-refractivity contribution in [1.82, 2.24) is 10.2 Å². The van der Waals surface area contributed by atoms with Crippen LogP contribution < -0.4 is 10.1 Å². The lowest BCUT2D eigenvalue weighted by atomic mass is 10.0. The van der Waals surface area contributed by atoms with E-state index in [1.54, 1.807) is 0 Å². The van der Waals surface area contributed by atoms with Gasteiger partial charge in [0, 0.05) is 25.7 Å². The van der Waals surface area contributed by atoms with Gasteiger partial charge in [0.05, 0.1) is 6.10 Å². The normalized spacial score (nSPS) is 20.7. The molecule has 3 heteroatoms. The van der Waals surface area contributed by atoms with Crippen molar-refractivity contribution >= 4 is 0 Å². The van der Waals surface area contributed by atoms with Crippen LogP contribution in [0.4, 0.5) is 0 Å². The maximum Gasteiger partial charge on any atom is 0.119 e. The van der Waals surface area contributed by atoms with Gasteiger partial charge in [0.15, 0.2) is 0 Å². The second-order valence-electron chi connectivity index (χ2n) is 5.69. The predicted molar refractivity (Wildman–Crippen MR) is 79.8 cm³/mol. The number of rotatable bonds is 5. The second-order valence-corrected chi connectivity index (χ2v) is 5.69. The predicted octanol–water partition coefficient (Wildman–Crippen LogP) is 2.31. The second kappa shape index (κ2) is 6.92. The summed E-state index contributed by atoms with van der Waals surface area (Å²) in [7, 11) is 2.23. The lowest BCUT2D eigenvalue weighted by Gasteiger charge is -2.33. The summed E-state index contributed by atoms with van der Waals surface area (Å²) in [6.45, 7) is 7.50. The average Bonchev–Trinajstić information content (AvgIpc) is 2.39. The van der Waals surface area contributed by atoms with Crippen LogP contribution in [0.2, 0.25) is 0 Å². The number of aryl methyl sites for hydroxylation is 1. The zero-order chi connectivity index (χ0) is 13.7. The zero-order valence-corrected chi connectivity index (χ0v) is 12.4. The van der Waals surface area contributed by atoms with E-state index in [1.165, 1.54) is 12.0 Å². The minimum absolute atomic E-state index is 0.243. The van der Waals surface area contributed by atoms with Crippen molar-refractivity contribution in [3.8, 4) is 5.75 Å². The van der Waals surface area contributed by atoms with Gasteiger partial charge in [-0.1, -0.05) is 12.1 Å². The molecule has 0 radical (unpaired) electrons. The molecule has 2 rings (SSSR count). The van der Waals surface area contributed by atoms with E-state index in [0.29, 0.717) is 6.04 Å². The smallest absolute Gasteiger partial charge is 0.119 e. The van der Waals surface area contributed by atoms with Crippen molar-refractivity contribution in [1.29, 1.82) is 0 Å². The quantitative estimate of drug-likeness (QED) is 0.881. The first-order valence-corrected chi connectivity index (χ1v) is 7.31. The van der Waals surface area contributed by atoms with Crippen LogP contribution >= 0.6 is 0 Å². The third-order valence-electron chi connectivity index (χ3n) is 3.71. The molecular weight excluding hydrogens is 236 g/mol. The minimum atomic E-state index is 0.243. The number of nitrogens with zero attached hydrogens (tertiary/aromatic N) is 1. The lowest BCUT2D eigenvalue weighted by molar-refractivity contribution is 0.190. The van der Waals surface area contributed by atoms with Gasteiger partial charge in [0.2, 0.25) is 0 Å². The summed E-state index contributed by atoms with van der Waals surface area (Å²) in [6, 6.07) is 9.21. The Hall–Kier alpha value is -1.06. The van der Waals surface area contributed by atoms with Gasteiger partial charge in [-0.2, -0.15) is 0 Å². The Morgan fingerprint density at radius 2 is 2.05 bits per heavy atom. The lowest BCUT2D eigenvalue weighted by Crippen LogP contribution is -2.49. The average molecular weight is 262 g/mol. The first-order chi connectivity index (χ1) is 9.15. The van der Waals surface area contributed by atoms with Gasteiger partial charge in [-0.25, -0.2) is 0 Å². The molecule has 1 atom stereocenters. The van der Waals surface area contributed by atoms with Crippen molar-refractivity contribution in [2.24, 2.45) is 0 Å². The molecule has 0 spiro atoms. The monoisotopic (exact) mass is 262 g/mol. The van der Waals surface area contributed by atoms with E-state index in [9.17, 15) is 0 Å². The summed E-state index contributed by atoms with van der Waals surface area (Å²) in [6.07, 6.45) is 2.60. The highest BCUT2D eigenvalue weighted by Crippen LogP contribution is 2.16. The fourth-order valence-corrected chi connectivity index (χ4v) is 2.53. The highest BCUT2D eigenvalue weighted by Gasteiger charge is 2.17. The van der Waals surface area contributed by atoms with Gasteiger partial charge >= 0.3 is 0 Å². The van der Waals surface area contributed by atoms with Crippen LogP contribution in [0, 0.1) is 0 Å². The van der Waals surface area contributed by atoms with Crippen molar-refractivity contribution in [3.63, 3.8) is 0 Å². The van der Waals surface area contributed by atoms with Crippen LogP contribution in [-0.4, -0.2) is 43.7 Å². The summed E-state index contributed by atoms with van der Waals surface area (Å²) in [5.41, 5.74) is 1.40. The van der Waals surface area contributed by atoms with Crippen LogP contribution in [-0.2, 0) is 6.42 Å². The Bertz CT molecular complexity index is 375. The molecule has 1 aromatic carbocycles. The fraction of sp³-hybridized carbons (Fsp3) is 0.625. The molecule has 1 fully saturated rings. The maximum absolute atomic E-state index is 5.66. The molecule has 3 nitrogen and oxygen atoms in total. The van der Waals surface area contributed by atoms with E-state index >= 15 is 0 Å². The minimum Gasteiger partial charge on any atom is -0.491 e. The first-order valence-electron chi connectivity index (χ1n) is 7.31. The summed E-state index contributed by atoms with van der Waals surface area (Å²) < 4.78 is 5.66. The Morgan fingerprint density at radius 1 is 1.32 bits per heavy atom. The Balaban J connectivity index is 1.82. The summed E-state index contributed by atoms with van der Waals surface area (Å²) >= 11 is 0. The largest absolute Gasteiger partial charge is 0.491 e. The fourth-order valence-electron chi connectivity index (χ4n) is 2.53. The summed E-state index contributed by atoms with van der Waals surface area (Å²) in [4.78, 5) is 2.47. The van der Waals surface area contributed by atoms with Crippen molar-refractivity contribution in [2.45, 2.75) is 38.8 Å². The highest BCUT2D eigenvalue weighted by atomic mass is 16.5. The van der Waals surface area contributed by atoms with Gasteiger partial charge in [0.25, 0.3) is 0 Å². The Labute approximate surface area is 116 Å². The molecule has 0 aromatic heterocycles. The van der Waals surface area contributed by atoms with Crippen LogP contribution in [0.5, 0.6) is 5.75 Å². The van der Waals surface area contributed by atoms with Crippen LogP contribution in [0.1, 0.15) is 25.8 Å². The number of hydrogen-bond donors (Lipinski definition) is 1. The van der Waals surface area contributed by atoms with Crippen molar-refractivity contribution < 1.29 is 4.74 Å². The molecule has 0 aliphatic carbocycles. The molecule has 1 aromatic rings. The van der Waals surface area contributed by atoms with Crippen LogP contribution in [0.15, 0.2) is 24.3 Å². The van der Waals surface area contributed by atoms with E-state index in [0.717, 1.165) is 31.8 Å². The molecule has 1 unspecified atom stereocenters. The van der Waals surface area contributed by atoms with Gasteiger partial charge < -0.3 is 15.0 Å². The molecule has 1 aliphatic rings. The van der Waals surface area contributed by atoms with E-state index in [-0.39, 0.29) is 6.10 Å². The van der Waals surface area contributed by atoms with E-state index < -0.39 is 0 Å². The number of ether oxygens (including phenoxy) is 1. The van der Waals surface area contributed by atoms with Crippen LogP contribution in [0.3, 0.4) is 0 Å². The maximum atomic E-state index is 5.66. The summed E-state index contributed by atoms with van der Waals surface area (Å²) in [5.74, 6) is 0.968. The van der Waals surface area contributed by atoms with E-state index in [1.807, 2.05) is 0 Å². The number of piperazine rings is 1. The van der Waals surface area contributed by atoms with E-state index in [2.05, 4.69) is 55.4 Å². The SMILES string of the molecule is CC(C)Oc1ccc(CCC2CNCCN2C)cc1. The van der Waals surface area contributed by atoms with Gasteiger partial charge in [-0.3, -0.25) is 0 Å². The molecule has 1 saturated heterocycles. The highest BCUT2D eigenvalue weighted by molar-refractivity contribution is 5.27. The molecule has 0 bridgehead atoms. The van der Waals surface area contributed by atoms with Gasteiger partial charge in [0.1, 0.15) is 5.75 Å². The molecule has 0 amide bonds.